The Bertz CT molecular complexity index is 1010. The number of anilines is 1. The van der Waals surface area contributed by atoms with Crippen molar-refractivity contribution >= 4 is 29.5 Å². The number of nitrogens with zero attached hydrogens (tertiary/aromatic N) is 1. The fraction of sp³-hybridized carbons (Fsp3) is 0.360. The Morgan fingerprint density at radius 1 is 1.28 bits per heavy atom. The van der Waals surface area contributed by atoms with E-state index in [1.54, 1.807) is 12.4 Å². The molecule has 32 heavy (non-hydrogen) atoms. The van der Waals surface area contributed by atoms with Crippen LogP contribution in [0.1, 0.15) is 34.1 Å². The molecule has 2 atom stereocenters. The van der Waals surface area contributed by atoms with Crippen molar-refractivity contribution < 1.29 is 14.8 Å². The smallest absolute Gasteiger partial charge is 0.427 e. The summed E-state index contributed by atoms with van der Waals surface area (Å²) in [5.74, 6) is -0.615. The first kappa shape index (κ1) is 25.5. The lowest BCUT2D eigenvalue weighted by atomic mass is 9.68. The third-order valence-electron chi connectivity index (χ3n) is 5.34. The summed E-state index contributed by atoms with van der Waals surface area (Å²) in [7, 11) is -1.41. The first-order valence-corrected chi connectivity index (χ1v) is 10.9. The number of nitrogens with one attached hydrogen (secondary N) is 1. The molecule has 0 spiro atoms. The molecule has 0 aliphatic heterocycles. The molecule has 0 bridgehead atoms. The van der Waals surface area contributed by atoms with Gasteiger partial charge < -0.3 is 21.1 Å². The maximum atomic E-state index is 13.0. The van der Waals surface area contributed by atoms with Gasteiger partial charge in [-0.2, -0.15) is 0 Å². The summed E-state index contributed by atoms with van der Waals surface area (Å²) < 4.78 is 0. The number of hydrogen-bond donors (Lipinski definition) is 4. The summed E-state index contributed by atoms with van der Waals surface area (Å²) in [6.07, 6.45) is 12.1. The summed E-state index contributed by atoms with van der Waals surface area (Å²) in [5, 5.41) is 23.9. The number of allylic oxidation sites excluding steroid dienone is 5. The third-order valence-corrected chi connectivity index (χ3v) is 5.34. The lowest BCUT2D eigenvalue weighted by Crippen LogP contribution is -2.30. The van der Waals surface area contributed by atoms with Crippen LogP contribution in [0.25, 0.3) is 10.8 Å². The summed E-state index contributed by atoms with van der Waals surface area (Å²) in [5.41, 5.74) is 8.18. The van der Waals surface area contributed by atoms with Gasteiger partial charge in [0.25, 0.3) is 0 Å². The fourth-order valence-electron chi connectivity index (χ4n) is 3.92. The normalized spacial score (nSPS) is 14.8. The van der Waals surface area contributed by atoms with E-state index in [9.17, 15) is 14.8 Å². The number of fused-ring (bicyclic) bond motifs is 1. The summed E-state index contributed by atoms with van der Waals surface area (Å²) in [6, 6.07) is 7.60. The molecule has 1 heterocycles. The molecule has 2 aromatic rings. The zero-order chi connectivity index (χ0) is 23.7. The molecule has 2 rings (SSSR count). The van der Waals surface area contributed by atoms with Gasteiger partial charge in [0.05, 0.1) is 5.92 Å². The maximum Gasteiger partial charge on any atom is 0.452 e. The van der Waals surface area contributed by atoms with Gasteiger partial charge in [-0.3, -0.25) is 9.78 Å². The van der Waals surface area contributed by atoms with E-state index in [0.29, 0.717) is 12.1 Å². The molecule has 170 valence electrons. The second-order valence-electron chi connectivity index (χ2n) is 8.58. The van der Waals surface area contributed by atoms with E-state index in [-0.39, 0.29) is 18.8 Å². The van der Waals surface area contributed by atoms with Crippen LogP contribution >= 0.6 is 0 Å². The first-order valence-electron chi connectivity index (χ1n) is 10.9. The number of amides is 1. The largest absolute Gasteiger partial charge is 0.452 e. The van der Waals surface area contributed by atoms with Crippen molar-refractivity contribution in [3.8, 4) is 0 Å². The van der Waals surface area contributed by atoms with Crippen molar-refractivity contribution in [1.82, 2.24) is 4.98 Å². The van der Waals surface area contributed by atoms with Gasteiger partial charge in [0, 0.05) is 35.4 Å². The molecule has 0 saturated carbocycles. The number of benzene rings is 1. The van der Waals surface area contributed by atoms with E-state index in [1.165, 1.54) is 0 Å². The molecular formula is C25H34BN3O3. The van der Waals surface area contributed by atoms with Crippen LogP contribution in [0.5, 0.6) is 0 Å². The van der Waals surface area contributed by atoms with Gasteiger partial charge in [-0.25, -0.2) is 0 Å². The predicted octanol–water partition coefficient (Wildman–Crippen LogP) is 4.09. The lowest BCUT2D eigenvalue weighted by molar-refractivity contribution is -0.118. The number of rotatable bonds is 10. The Kier molecular flexibility index (Phi) is 9.38. The van der Waals surface area contributed by atoms with Crippen LogP contribution in [0.4, 0.5) is 5.69 Å². The van der Waals surface area contributed by atoms with E-state index in [0.717, 1.165) is 21.9 Å². The molecule has 0 fully saturated rings. The van der Waals surface area contributed by atoms with Crippen LogP contribution < -0.4 is 11.1 Å². The van der Waals surface area contributed by atoms with Crippen LogP contribution in [0.2, 0.25) is 6.32 Å². The van der Waals surface area contributed by atoms with E-state index in [1.807, 2.05) is 76.3 Å². The van der Waals surface area contributed by atoms with Gasteiger partial charge in [0.1, 0.15) is 0 Å². The van der Waals surface area contributed by atoms with Crippen LogP contribution in [-0.2, 0) is 4.79 Å². The van der Waals surface area contributed by atoms with Crippen LogP contribution in [0.3, 0.4) is 0 Å². The molecular weight excluding hydrogens is 401 g/mol. The Labute approximate surface area is 191 Å². The monoisotopic (exact) mass is 435 g/mol. The first-order chi connectivity index (χ1) is 15.2. The molecule has 6 nitrogen and oxygen atoms in total. The second-order valence-corrected chi connectivity index (χ2v) is 8.58. The molecule has 0 saturated heterocycles. The zero-order valence-electron chi connectivity index (χ0n) is 19.4. The molecule has 0 radical (unpaired) electrons. The van der Waals surface area contributed by atoms with Crippen molar-refractivity contribution in [2.45, 2.75) is 40.4 Å². The number of carbonyl (C=O) groups is 1. The van der Waals surface area contributed by atoms with Crippen LogP contribution in [0.15, 0.2) is 72.1 Å². The average molecular weight is 435 g/mol. The predicted molar refractivity (Wildman–Crippen MR) is 133 cm³/mol. The van der Waals surface area contributed by atoms with Crippen molar-refractivity contribution in [2.24, 2.45) is 17.1 Å². The number of nitrogens with two attached hydrogens (primary N) is 1. The quantitative estimate of drug-likeness (QED) is 0.255. The number of aromatic nitrogens is 1. The Balaban J connectivity index is 2.21. The van der Waals surface area contributed by atoms with E-state index >= 15 is 0 Å². The van der Waals surface area contributed by atoms with E-state index in [4.69, 9.17) is 5.73 Å². The van der Waals surface area contributed by atoms with Gasteiger partial charge in [-0.05, 0) is 50.2 Å². The molecule has 1 aromatic heterocycles. The molecule has 0 aliphatic carbocycles. The van der Waals surface area contributed by atoms with Gasteiger partial charge in [-0.1, -0.05) is 55.4 Å². The van der Waals surface area contributed by atoms with E-state index < -0.39 is 18.5 Å². The Morgan fingerprint density at radius 3 is 2.66 bits per heavy atom. The van der Waals surface area contributed by atoms with Crippen LogP contribution in [-0.4, -0.2) is 34.6 Å². The van der Waals surface area contributed by atoms with Crippen LogP contribution in [0, 0.1) is 11.3 Å². The average Bonchev–Trinajstić information content (AvgIpc) is 2.71. The highest BCUT2D eigenvalue weighted by Crippen LogP contribution is 2.29. The number of carbonyl (C=O) groups excluding carboxylic acids is 1. The molecule has 5 N–H and O–H groups in total. The molecule has 1 amide bonds. The highest BCUT2D eigenvalue weighted by atomic mass is 16.4. The van der Waals surface area contributed by atoms with E-state index in [2.05, 4.69) is 10.3 Å². The Morgan fingerprint density at radius 2 is 2.03 bits per heavy atom. The highest BCUT2D eigenvalue weighted by molar-refractivity contribution is 6.41. The molecule has 1 aromatic carbocycles. The van der Waals surface area contributed by atoms with Crippen molar-refractivity contribution in [3.05, 3.63) is 72.1 Å². The standard InChI is InChI=1S/C25H34BN3O3/c1-5-19(7-6-11-25(4,14-18(2)3)17-26(31)32)23(15-27)24(30)29-22-9-8-21-16-28-12-10-20(21)13-22/h6-14,16,23,31-32H,5,15,17,27H2,1-4H3,(H,29,30)/b11-6-,19-7+. The lowest BCUT2D eigenvalue weighted by Gasteiger charge is -2.22. The summed E-state index contributed by atoms with van der Waals surface area (Å²) in [6.45, 7) is 8.07. The minimum atomic E-state index is -1.41. The van der Waals surface area contributed by atoms with Gasteiger partial charge in [-0.15, -0.1) is 0 Å². The van der Waals surface area contributed by atoms with Crippen molar-refractivity contribution in [1.29, 1.82) is 0 Å². The molecule has 2 unspecified atom stereocenters. The highest BCUT2D eigenvalue weighted by Gasteiger charge is 2.25. The van der Waals surface area contributed by atoms with Crippen molar-refractivity contribution in [2.75, 3.05) is 11.9 Å². The number of pyridine rings is 1. The molecule has 0 aliphatic rings. The topological polar surface area (TPSA) is 108 Å². The minimum absolute atomic E-state index is 0.153. The van der Waals surface area contributed by atoms with Gasteiger partial charge in [0.15, 0.2) is 0 Å². The third kappa shape index (κ3) is 7.44. The summed E-state index contributed by atoms with van der Waals surface area (Å²) in [4.78, 5) is 17.1. The van der Waals surface area contributed by atoms with Gasteiger partial charge >= 0.3 is 7.12 Å². The Hall–Kier alpha value is -2.74. The SMILES string of the molecule is CC/C(=C\C=C/C(C)(C=C(C)C)CB(O)O)C(CN)C(=O)Nc1ccc2cnccc2c1. The van der Waals surface area contributed by atoms with Gasteiger partial charge in [0.2, 0.25) is 5.91 Å². The zero-order valence-corrected chi connectivity index (χ0v) is 19.4. The minimum Gasteiger partial charge on any atom is -0.427 e. The maximum absolute atomic E-state index is 13.0. The fourth-order valence-corrected chi connectivity index (χ4v) is 3.92. The second kappa shape index (κ2) is 11.8. The summed E-state index contributed by atoms with van der Waals surface area (Å²) >= 11 is 0. The molecule has 7 heteroatoms. The number of hydrogen-bond acceptors (Lipinski definition) is 5. The van der Waals surface area contributed by atoms with Crippen molar-refractivity contribution in [3.63, 3.8) is 0 Å².